The van der Waals surface area contributed by atoms with E-state index in [2.05, 4.69) is 99.0 Å². The van der Waals surface area contributed by atoms with E-state index in [4.69, 9.17) is 10.5 Å². The van der Waals surface area contributed by atoms with Crippen LogP contribution in [0.25, 0.3) is 11.2 Å². The molecular weight excluding hydrogens is 1050 g/mol. The summed E-state index contributed by atoms with van der Waals surface area (Å²) in [5, 5.41) is 26.0. The molecule has 29 heteroatoms. The molecule has 7 atom stereocenters. The third-order valence-corrected chi connectivity index (χ3v) is 14.5. The maximum absolute atomic E-state index is 12.7. The molecule has 74 heavy (non-hydrogen) atoms. The lowest BCUT2D eigenvalue weighted by Gasteiger charge is -2.36. The Morgan fingerprint density at radius 1 is 0.865 bits per heavy atom. The summed E-state index contributed by atoms with van der Waals surface area (Å²) < 4.78 is 60.8. The highest BCUT2D eigenvalue weighted by Gasteiger charge is 2.47. The highest BCUT2D eigenvalue weighted by atomic mass is 32.2. The van der Waals surface area contributed by atoms with Gasteiger partial charge in [0.15, 0.2) is 22.8 Å². The van der Waals surface area contributed by atoms with Crippen molar-refractivity contribution in [3.63, 3.8) is 0 Å². The van der Waals surface area contributed by atoms with Gasteiger partial charge in [0, 0.05) is 37.1 Å². The topological polar surface area (TPSA) is 392 Å². The molecule has 1 aliphatic rings. The Kier molecular flexibility index (Phi) is 28.2. The molecule has 0 saturated carbocycles. The van der Waals surface area contributed by atoms with E-state index in [-0.39, 0.29) is 66.0 Å². The number of ketones is 1. The quantitative estimate of drug-likeness (QED) is 0.0283. The van der Waals surface area contributed by atoms with Gasteiger partial charge in [-0.3, -0.25) is 32.9 Å². The molecular formula is C45H66N7O18P3S-4. The third kappa shape index (κ3) is 24.7. The number of aromatic nitrogens is 4. The molecule has 0 aliphatic carbocycles. The number of imidazole rings is 1. The fourth-order valence-corrected chi connectivity index (χ4v) is 10.1. The van der Waals surface area contributed by atoms with Crippen LogP contribution < -0.4 is 35.9 Å². The van der Waals surface area contributed by atoms with Gasteiger partial charge in [-0.25, -0.2) is 19.3 Å². The lowest BCUT2D eigenvalue weighted by Crippen LogP contribution is -2.46. The number of ether oxygens (including phenoxy) is 1. The van der Waals surface area contributed by atoms with E-state index >= 15 is 0 Å². The Balaban J connectivity index is 1.28. The van der Waals surface area contributed by atoms with Gasteiger partial charge in [-0.1, -0.05) is 106 Å². The van der Waals surface area contributed by atoms with Crippen molar-refractivity contribution in [2.24, 2.45) is 5.41 Å². The first-order valence-corrected chi connectivity index (χ1v) is 29.1. The minimum absolute atomic E-state index is 0.0290. The van der Waals surface area contributed by atoms with E-state index in [1.54, 1.807) is 0 Å². The molecule has 1 saturated heterocycles. The summed E-state index contributed by atoms with van der Waals surface area (Å²) in [6.07, 6.45) is 22.2. The zero-order valence-corrected chi connectivity index (χ0v) is 44.9. The molecule has 2 amide bonds. The summed E-state index contributed by atoms with van der Waals surface area (Å²) in [4.78, 5) is 109. The minimum Gasteiger partial charge on any atom is -0.790 e. The largest absolute Gasteiger partial charge is 0.790 e. The number of aliphatic hydroxyl groups excluding tert-OH is 2. The first-order chi connectivity index (χ1) is 34.9. The Hall–Kier alpha value is -4.07. The van der Waals surface area contributed by atoms with Gasteiger partial charge in [-0.2, -0.15) is 0 Å². The number of anilines is 1. The first kappa shape index (κ1) is 64.2. The van der Waals surface area contributed by atoms with Crippen LogP contribution in [0.3, 0.4) is 0 Å². The van der Waals surface area contributed by atoms with Crippen molar-refractivity contribution in [1.29, 1.82) is 0 Å². The van der Waals surface area contributed by atoms with Crippen molar-refractivity contribution in [2.75, 3.05) is 37.8 Å². The van der Waals surface area contributed by atoms with E-state index < -0.39 is 84.6 Å². The second-order valence-corrected chi connectivity index (χ2v) is 22.5. The number of thioether (sulfide) groups is 1. The number of rotatable bonds is 36. The Morgan fingerprint density at radius 2 is 1.47 bits per heavy atom. The van der Waals surface area contributed by atoms with Crippen molar-refractivity contribution in [3.8, 4) is 0 Å². The molecule has 1 aliphatic heterocycles. The Morgan fingerprint density at radius 3 is 2.09 bits per heavy atom. The van der Waals surface area contributed by atoms with Crippen LogP contribution in [0.1, 0.15) is 104 Å². The fourth-order valence-electron chi connectivity index (χ4n) is 6.65. The number of phosphoric acid groups is 3. The molecule has 414 valence electrons. The number of Topliss-reactive ketones (excluding diaryl/α,β-unsaturated/α-hetero) is 1. The SMILES string of the molecule is CCCCCC=CCC=CCC=CCC=CCC=CCCC(=O)CC(=O)SCCNC(=O)CCNC(=O)C(O)C(C)(C)COP(=O)([O-])OP(=O)([O-])OCC1OC(n2cnc3c(N)ncnc32)C(O)C1OP(=O)([O-])[O-]. The first-order valence-electron chi connectivity index (χ1n) is 23.7. The number of carbonyl (C=O) groups is 4. The smallest absolute Gasteiger partial charge is 0.274 e. The number of hydrogen-bond donors (Lipinski definition) is 5. The van der Waals surface area contributed by atoms with Crippen LogP contribution in [-0.4, -0.2) is 109 Å². The number of nitrogens with two attached hydrogens (primary N) is 1. The summed E-state index contributed by atoms with van der Waals surface area (Å²) in [6.45, 7) is 2.08. The van der Waals surface area contributed by atoms with Gasteiger partial charge in [0.1, 0.15) is 42.0 Å². The zero-order valence-electron chi connectivity index (χ0n) is 41.4. The number of phosphoric ester groups is 3. The summed E-state index contributed by atoms with van der Waals surface area (Å²) in [6, 6.07) is 0. The summed E-state index contributed by atoms with van der Waals surface area (Å²) in [5.41, 5.74) is 4.04. The molecule has 6 N–H and O–H groups in total. The van der Waals surface area contributed by atoms with Crippen molar-refractivity contribution in [1.82, 2.24) is 30.2 Å². The standard InChI is InChI=1S/C45H70N7O18P3S/c1-4-5-6-7-8-9-10-11-12-13-14-15-16-17-18-19-20-21-22-23-33(53)28-36(55)74-27-26-47-35(54)24-25-48-43(58)40(57)45(2,3)30-67-73(64,65)70-72(62,63)66-29-34-39(69-71(59,60)61)38(56)44(68-34)52-32-51-37-41(46)49-31-50-42(37)52/h8-9,11-12,14-15,17-18,20-21,31-32,34,38-40,44,56-57H,4-7,10,13,16,19,22-30H2,1-3H3,(H,47,54)(H,48,58)(H,62,63)(H,64,65)(H2,46,49,50)(H2,59,60,61)/p-4. The van der Waals surface area contributed by atoms with E-state index in [0.717, 1.165) is 61.1 Å². The van der Waals surface area contributed by atoms with Crippen molar-refractivity contribution in [2.45, 2.75) is 128 Å². The second kappa shape index (κ2) is 32.5. The number of nitrogen functional groups attached to an aromatic ring is 1. The van der Waals surface area contributed by atoms with Gasteiger partial charge in [-0.15, -0.1) is 0 Å². The van der Waals surface area contributed by atoms with Gasteiger partial charge in [0.25, 0.3) is 15.6 Å². The number of nitrogens with zero attached hydrogens (tertiary/aromatic N) is 4. The Bertz CT molecular complexity index is 2430. The normalized spacial score (nSPS) is 19.8. The predicted molar refractivity (Wildman–Crippen MR) is 265 cm³/mol. The number of unbranched alkanes of at least 4 members (excludes halogenated alkanes) is 3. The molecule has 3 heterocycles. The molecule has 7 unspecified atom stereocenters. The van der Waals surface area contributed by atoms with Crippen LogP contribution in [0.15, 0.2) is 73.4 Å². The number of amides is 2. The second-order valence-electron chi connectivity index (χ2n) is 17.3. The maximum atomic E-state index is 12.7. The molecule has 2 aromatic heterocycles. The van der Waals surface area contributed by atoms with Crippen LogP contribution in [0.5, 0.6) is 0 Å². The monoisotopic (exact) mass is 1120 g/mol. The highest BCUT2D eigenvalue weighted by molar-refractivity contribution is 8.13. The summed E-state index contributed by atoms with van der Waals surface area (Å²) >= 11 is 0.894. The van der Waals surface area contributed by atoms with Crippen LogP contribution in [-0.2, 0) is 55.5 Å². The molecule has 1 fully saturated rings. The zero-order chi connectivity index (χ0) is 54.8. The van der Waals surface area contributed by atoms with Gasteiger partial charge in [-0.05, 0) is 44.9 Å². The van der Waals surface area contributed by atoms with Crippen molar-refractivity contribution in [3.05, 3.63) is 73.4 Å². The number of allylic oxidation sites excluding steroid dienone is 10. The summed E-state index contributed by atoms with van der Waals surface area (Å²) in [7, 11) is -17.7. The molecule has 0 bridgehead atoms. The molecule has 0 radical (unpaired) electrons. The Labute approximate surface area is 434 Å². The lowest BCUT2D eigenvalue weighted by molar-refractivity contribution is -0.347. The maximum Gasteiger partial charge on any atom is 0.274 e. The van der Waals surface area contributed by atoms with Gasteiger partial charge >= 0.3 is 0 Å². The summed E-state index contributed by atoms with van der Waals surface area (Å²) in [5.74, 6) is -1.65. The van der Waals surface area contributed by atoms with Gasteiger partial charge in [0.05, 0.1) is 33.8 Å². The van der Waals surface area contributed by atoms with E-state index in [1.807, 2.05) is 12.2 Å². The molecule has 25 nitrogen and oxygen atoms in total. The average molecular weight is 1120 g/mol. The number of carbonyl (C=O) groups excluding carboxylic acids is 4. The van der Waals surface area contributed by atoms with E-state index in [0.29, 0.717) is 6.42 Å². The molecule has 0 spiro atoms. The van der Waals surface area contributed by atoms with Crippen LogP contribution >= 0.6 is 35.2 Å². The predicted octanol–water partition coefficient (Wildman–Crippen LogP) is 2.80. The number of nitrogens with one attached hydrogen (secondary N) is 2. The van der Waals surface area contributed by atoms with Crippen LogP contribution in [0.4, 0.5) is 5.82 Å². The van der Waals surface area contributed by atoms with E-state index in [9.17, 15) is 62.7 Å². The third-order valence-electron chi connectivity index (χ3n) is 10.6. The van der Waals surface area contributed by atoms with Gasteiger partial charge in [0.2, 0.25) is 11.8 Å². The van der Waals surface area contributed by atoms with E-state index in [1.165, 1.54) is 33.1 Å². The van der Waals surface area contributed by atoms with Crippen LogP contribution in [0.2, 0.25) is 0 Å². The lowest BCUT2D eigenvalue weighted by atomic mass is 9.87. The molecule has 0 aromatic carbocycles. The number of aliphatic hydroxyl groups is 2. The van der Waals surface area contributed by atoms with Crippen molar-refractivity contribution >= 4 is 74.9 Å². The van der Waals surface area contributed by atoms with Crippen molar-refractivity contribution < 1.29 is 85.3 Å². The average Bonchev–Trinajstić information content (AvgIpc) is 3.89. The van der Waals surface area contributed by atoms with Crippen LogP contribution in [0, 0.1) is 5.41 Å². The van der Waals surface area contributed by atoms with Gasteiger partial charge < -0.3 is 69.0 Å². The minimum atomic E-state index is -5.94. The number of fused-ring (bicyclic) bond motifs is 1. The molecule has 3 rings (SSSR count). The number of hydrogen-bond acceptors (Lipinski definition) is 23. The highest BCUT2D eigenvalue weighted by Crippen LogP contribution is 2.56. The molecule has 2 aromatic rings. The fraction of sp³-hybridized carbons (Fsp3) is 0.578.